The smallest absolute Gasteiger partial charge is 0.339 e. The van der Waals surface area contributed by atoms with Gasteiger partial charge >= 0.3 is 5.97 Å². The number of H-pyrrole nitrogens is 1. The predicted molar refractivity (Wildman–Crippen MR) is 99.8 cm³/mol. The number of benzene rings is 1. The van der Waals surface area contributed by atoms with E-state index in [1.165, 1.54) is 14.0 Å². The molecule has 0 aliphatic carbocycles. The number of anilines is 2. The van der Waals surface area contributed by atoms with Crippen molar-refractivity contribution in [3.05, 3.63) is 46.8 Å². The van der Waals surface area contributed by atoms with E-state index in [0.29, 0.717) is 33.9 Å². The Labute approximate surface area is 152 Å². The van der Waals surface area contributed by atoms with E-state index in [1.807, 2.05) is 6.07 Å². The molecule has 1 heterocycles. The zero-order chi connectivity index (χ0) is 19.4. The lowest BCUT2D eigenvalue weighted by Gasteiger charge is -2.15. The first-order chi connectivity index (χ1) is 12.2. The Bertz CT molecular complexity index is 854. The van der Waals surface area contributed by atoms with Crippen molar-refractivity contribution in [3.63, 3.8) is 0 Å². The first kappa shape index (κ1) is 19.2. The molecule has 0 saturated carbocycles. The minimum atomic E-state index is -0.537. The number of rotatable bonds is 6. The highest BCUT2D eigenvalue weighted by Gasteiger charge is 2.25. The molecule has 7 nitrogen and oxygen atoms in total. The Morgan fingerprint density at radius 2 is 1.81 bits per heavy atom. The van der Waals surface area contributed by atoms with Crippen LogP contribution >= 0.6 is 0 Å². The van der Waals surface area contributed by atoms with Gasteiger partial charge in [0.05, 0.1) is 24.4 Å². The van der Waals surface area contributed by atoms with Gasteiger partial charge in [0.15, 0.2) is 0 Å². The van der Waals surface area contributed by atoms with E-state index >= 15 is 0 Å². The maximum atomic E-state index is 12.8. The molecule has 0 fully saturated rings. The molecule has 0 radical (unpaired) electrons. The largest absolute Gasteiger partial charge is 0.465 e. The van der Waals surface area contributed by atoms with Crippen LogP contribution in [0.2, 0.25) is 0 Å². The van der Waals surface area contributed by atoms with Crippen LogP contribution in [0.15, 0.2) is 24.3 Å². The fraction of sp³-hybridized carbons (Fsp3) is 0.316. The van der Waals surface area contributed by atoms with Crippen molar-refractivity contribution in [2.75, 3.05) is 17.7 Å². The summed E-state index contributed by atoms with van der Waals surface area (Å²) in [5.41, 5.74) is 3.27. The molecular formula is C19H23N3O4. The molecule has 1 atom stereocenters. The van der Waals surface area contributed by atoms with Crippen LogP contribution in [-0.4, -0.2) is 35.8 Å². The van der Waals surface area contributed by atoms with Crippen molar-refractivity contribution < 1.29 is 19.1 Å². The van der Waals surface area contributed by atoms with E-state index in [-0.39, 0.29) is 11.7 Å². The highest BCUT2D eigenvalue weighted by molar-refractivity contribution is 6.04. The molecule has 0 saturated heterocycles. The third-order valence-corrected chi connectivity index (χ3v) is 4.03. The third-order valence-electron chi connectivity index (χ3n) is 4.03. The van der Waals surface area contributed by atoms with E-state index in [0.717, 1.165) is 0 Å². The molecule has 2 aromatic rings. The number of hydrogen-bond donors (Lipinski definition) is 3. The van der Waals surface area contributed by atoms with Crippen LogP contribution in [0.1, 0.15) is 46.0 Å². The first-order valence-electron chi connectivity index (χ1n) is 8.20. The molecule has 26 heavy (non-hydrogen) atoms. The summed E-state index contributed by atoms with van der Waals surface area (Å²) in [4.78, 5) is 38.8. The molecular weight excluding hydrogens is 334 g/mol. The van der Waals surface area contributed by atoms with Crippen molar-refractivity contribution in [2.45, 2.75) is 33.7 Å². The summed E-state index contributed by atoms with van der Waals surface area (Å²) >= 11 is 0. The molecule has 1 amide bonds. The number of Topliss-reactive ketones (excluding diaryl/α,β-unsaturated/α-hetero) is 1. The maximum absolute atomic E-state index is 12.8. The van der Waals surface area contributed by atoms with E-state index in [2.05, 4.69) is 15.6 Å². The molecule has 0 bridgehead atoms. The second kappa shape index (κ2) is 7.86. The van der Waals surface area contributed by atoms with Crippen LogP contribution in [0.25, 0.3) is 0 Å². The fourth-order valence-electron chi connectivity index (χ4n) is 2.83. The summed E-state index contributed by atoms with van der Waals surface area (Å²) in [5.74, 6) is -0.816. The molecule has 0 aliphatic heterocycles. The van der Waals surface area contributed by atoms with Gasteiger partial charge in [0.1, 0.15) is 0 Å². The van der Waals surface area contributed by atoms with Crippen molar-refractivity contribution in [2.24, 2.45) is 0 Å². The van der Waals surface area contributed by atoms with Crippen LogP contribution in [-0.2, 0) is 9.53 Å². The lowest BCUT2D eigenvalue weighted by molar-refractivity contribution is -0.114. The van der Waals surface area contributed by atoms with Gasteiger partial charge in [-0.3, -0.25) is 9.59 Å². The van der Waals surface area contributed by atoms with Crippen LogP contribution in [0.5, 0.6) is 0 Å². The van der Waals surface area contributed by atoms with E-state index in [1.54, 1.807) is 39.0 Å². The highest BCUT2D eigenvalue weighted by Crippen LogP contribution is 2.22. The van der Waals surface area contributed by atoms with Gasteiger partial charge in [-0.2, -0.15) is 0 Å². The van der Waals surface area contributed by atoms with E-state index in [4.69, 9.17) is 4.74 Å². The number of aryl methyl sites for hydroxylation is 1. The van der Waals surface area contributed by atoms with Gasteiger partial charge in [-0.25, -0.2) is 4.79 Å². The normalized spacial score (nSPS) is 11.6. The number of esters is 1. The lowest BCUT2D eigenvalue weighted by atomic mass is 10.0. The molecule has 1 aromatic heterocycles. The van der Waals surface area contributed by atoms with Gasteiger partial charge in [0, 0.05) is 24.0 Å². The fourth-order valence-corrected chi connectivity index (χ4v) is 2.83. The quantitative estimate of drug-likeness (QED) is 0.545. The summed E-state index contributed by atoms with van der Waals surface area (Å²) in [6.45, 7) is 6.61. The predicted octanol–water partition coefficient (Wildman–Crippen LogP) is 3.06. The minimum Gasteiger partial charge on any atom is -0.465 e. The first-order valence-corrected chi connectivity index (χ1v) is 8.20. The Morgan fingerprint density at radius 1 is 1.15 bits per heavy atom. The number of ketones is 1. The van der Waals surface area contributed by atoms with Gasteiger partial charge in [-0.05, 0) is 44.5 Å². The Hall–Kier alpha value is -3.09. The van der Waals surface area contributed by atoms with E-state index in [9.17, 15) is 14.4 Å². The van der Waals surface area contributed by atoms with Gasteiger partial charge < -0.3 is 20.4 Å². The second-order valence-corrected chi connectivity index (χ2v) is 6.11. The third kappa shape index (κ3) is 4.11. The number of amides is 1. The lowest BCUT2D eigenvalue weighted by Crippen LogP contribution is -2.27. The van der Waals surface area contributed by atoms with Crippen LogP contribution in [0, 0.1) is 13.8 Å². The molecule has 0 unspecified atom stereocenters. The Morgan fingerprint density at radius 3 is 2.42 bits per heavy atom. The zero-order valence-electron chi connectivity index (χ0n) is 15.5. The molecule has 3 N–H and O–H groups in total. The van der Waals surface area contributed by atoms with Crippen molar-refractivity contribution in [1.82, 2.24) is 4.98 Å². The molecule has 138 valence electrons. The van der Waals surface area contributed by atoms with Crippen molar-refractivity contribution in [3.8, 4) is 0 Å². The van der Waals surface area contributed by atoms with Gasteiger partial charge in [0.2, 0.25) is 11.7 Å². The zero-order valence-corrected chi connectivity index (χ0v) is 15.5. The van der Waals surface area contributed by atoms with Gasteiger partial charge in [-0.15, -0.1) is 0 Å². The second-order valence-electron chi connectivity index (χ2n) is 6.11. The molecule has 1 aromatic carbocycles. The number of carbonyl (C=O) groups is 3. The highest BCUT2D eigenvalue weighted by atomic mass is 16.5. The summed E-state index contributed by atoms with van der Waals surface area (Å²) in [7, 11) is 1.31. The maximum Gasteiger partial charge on any atom is 0.339 e. The van der Waals surface area contributed by atoms with Crippen molar-refractivity contribution >= 4 is 29.0 Å². The van der Waals surface area contributed by atoms with E-state index < -0.39 is 12.0 Å². The number of hydrogen-bond acceptors (Lipinski definition) is 5. The number of aromatic amines is 1. The molecule has 7 heteroatoms. The standard InChI is InChI=1S/C19H23N3O4/c1-10-16(19(25)26-5)11(2)21-17(10)18(24)12(3)20-14-7-6-8-15(9-14)22-13(4)23/h6-9,12,20-21H,1-5H3,(H,22,23)/t12-/m1/s1. The number of carbonyl (C=O) groups excluding carboxylic acids is 3. The molecule has 0 aliphatic rings. The molecule has 2 rings (SSSR count). The Kier molecular flexibility index (Phi) is 5.82. The van der Waals surface area contributed by atoms with Gasteiger partial charge in [-0.1, -0.05) is 6.07 Å². The number of nitrogens with one attached hydrogen (secondary N) is 3. The number of methoxy groups -OCH3 is 1. The summed E-state index contributed by atoms with van der Waals surface area (Å²) in [6.07, 6.45) is 0. The number of aromatic nitrogens is 1. The summed E-state index contributed by atoms with van der Waals surface area (Å²) < 4.78 is 4.77. The SMILES string of the molecule is COC(=O)c1c(C)[nH]c(C(=O)[C@@H](C)Nc2cccc(NC(C)=O)c2)c1C. The summed E-state index contributed by atoms with van der Waals surface area (Å²) in [6, 6.07) is 6.56. The van der Waals surface area contributed by atoms with Crippen LogP contribution in [0.3, 0.4) is 0 Å². The average molecular weight is 357 g/mol. The summed E-state index contributed by atoms with van der Waals surface area (Å²) in [5, 5.41) is 5.81. The Balaban J connectivity index is 2.21. The van der Waals surface area contributed by atoms with Crippen LogP contribution < -0.4 is 10.6 Å². The monoisotopic (exact) mass is 357 g/mol. The minimum absolute atomic E-state index is 0.167. The molecule has 0 spiro atoms. The van der Waals surface area contributed by atoms with Crippen molar-refractivity contribution in [1.29, 1.82) is 0 Å². The average Bonchev–Trinajstić information content (AvgIpc) is 2.87. The van der Waals surface area contributed by atoms with Crippen LogP contribution in [0.4, 0.5) is 11.4 Å². The topological polar surface area (TPSA) is 100 Å². The number of ether oxygens (including phenoxy) is 1. The van der Waals surface area contributed by atoms with Gasteiger partial charge in [0.25, 0.3) is 0 Å².